The number of carbonyl (C=O) groups excluding carboxylic acids is 1. The van der Waals surface area contributed by atoms with Gasteiger partial charge in [0, 0.05) is 16.7 Å². The number of halogens is 1. The highest BCUT2D eigenvalue weighted by Crippen LogP contribution is 2.16. The van der Waals surface area contributed by atoms with E-state index in [9.17, 15) is 4.79 Å². The first-order chi connectivity index (χ1) is 8.16. The lowest BCUT2D eigenvalue weighted by Crippen LogP contribution is -2.32. The van der Waals surface area contributed by atoms with E-state index in [1.807, 2.05) is 25.1 Å². The zero-order valence-electron chi connectivity index (χ0n) is 10.3. The number of nitrogens with one attached hydrogen (secondary N) is 2. The van der Waals surface area contributed by atoms with Crippen LogP contribution < -0.4 is 10.6 Å². The highest BCUT2D eigenvalue weighted by molar-refractivity contribution is 14.1. The van der Waals surface area contributed by atoms with Gasteiger partial charge in [0.05, 0.1) is 5.56 Å². The van der Waals surface area contributed by atoms with Gasteiger partial charge >= 0.3 is 0 Å². The maximum atomic E-state index is 11.9. The first-order valence-electron chi connectivity index (χ1n) is 5.90. The van der Waals surface area contributed by atoms with Crippen molar-refractivity contribution in [3.8, 4) is 0 Å². The van der Waals surface area contributed by atoms with E-state index in [1.165, 1.54) is 0 Å². The lowest BCUT2D eigenvalue weighted by atomic mass is 10.1. The van der Waals surface area contributed by atoms with E-state index in [4.69, 9.17) is 0 Å². The van der Waals surface area contributed by atoms with Crippen LogP contribution in [0.3, 0.4) is 0 Å². The molecule has 0 saturated carbocycles. The second-order valence-corrected chi connectivity index (χ2v) is 5.02. The Kier molecular flexibility index (Phi) is 6.50. The molecule has 3 nitrogen and oxygen atoms in total. The number of hydrogen-bond acceptors (Lipinski definition) is 2. The van der Waals surface area contributed by atoms with Crippen LogP contribution in [0.25, 0.3) is 0 Å². The maximum absolute atomic E-state index is 11.9. The summed E-state index contributed by atoms with van der Waals surface area (Å²) >= 11 is 2.22. The molecule has 1 aromatic carbocycles. The molecular weight excluding hydrogens is 327 g/mol. The molecule has 1 rings (SSSR count). The molecule has 0 saturated heterocycles. The van der Waals surface area contributed by atoms with Crippen molar-refractivity contribution in [2.45, 2.75) is 20.3 Å². The van der Waals surface area contributed by atoms with Gasteiger partial charge in [-0.15, -0.1) is 0 Å². The quantitative estimate of drug-likeness (QED) is 0.613. The van der Waals surface area contributed by atoms with Crippen molar-refractivity contribution >= 4 is 28.5 Å². The Morgan fingerprint density at radius 3 is 2.76 bits per heavy atom. The van der Waals surface area contributed by atoms with Crippen molar-refractivity contribution in [3.05, 3.63) is 32.9 Å². The van der Waals surface area contributed by atoms with Crippen LogP contribution in [0.5, 0.6) is 0 Å². The Labute approximate surface area is 117 Å². The standard InChI is InChI=1S/C13H19IN2O/c1-3-7-15-8-9-16-13(17)11-6-4-5-10(2)12(11)14/h4-6,15H,3,7-9H2,1-2H3,(H,16,17). The van der Waals surface area contributed by atoms with Gasteiger partial charge in [-0.1, -0.05) is 19.1 Å². The lowest BCUT2D eigenvalue weighted by molar-refractivity contribution is 0.0953. The monoisotopic (exact) mass is 346 g/mol. The number of carbonyl (C=O) groups is 1. The molecule has 1 aromatic rings. The zero-order valence-corrected chi connectivity index (χ0v) is 12.5. The summed E-state index contributed by atoms with van der Waals surface area (Å²) in [6, 6.07) is 5.80. The minimum absolute atomic E-state index is 0.0106. The minimum atomic E-state index is 0.0106. The van der Waals surface area contributed by atoms with Crippen LogP contribution in [0.2, 0.25) is 0 Å². The SMILES string of the molecule is CCCNCCNC(=O)c1cccc(C)c1I. The molecule has 4 heteroatoms. The molecule has 0 unspecified atom stereocenters. The Balaban J connectivity index is 2.44. The second-order valence-electron chi connectivity index (χ2n) is 3.94. The van der Waals surface area contributed by atoms with Crippen LogP contribution in [0.1, 0.15) is 29.3 Å². The topological polar surface area (TPSA) is 41.1 Å². The molecule has 0 aromatic heterocycles. The summed E-state index contributed by atoms with van der Waals surface area (Å²) in [4.78, 5) is 11.9. The Morgan fingerprint density at radius 2 is 2.06 bits per heavy atom. The summed E-state index contributed by atoms with van der Waals surface area (Å²) in [6.07, 6.45) is 1.11. The third kappa shape index (κ3) is 4.63. The van der Waals surface area contributed by atoms with Crippen molar-refractivity contribution in [2.75, 3.05) is 19.6 Å². The van der Waals surface area contributed by atoms with Crippen molar-refractivity contribution in [1.29, 1.82) is 0 Å². The molecule has 0 spiro atoms. The van der Waals surface area contributed by atoms with E-state index in [-0.39, 0.29) is 5.91 Å². The molecule has 1 amide bonds. The number of hydrogen-bond donors (Lipinski definition) is 2. The van der Waals surface area contributed by atoms with Crippen LogP contribution in [-0.2, 0) is 0 Å². The Bertz CT molecular complexity index is 380. The molecule has 0 atom stereocenters. The number of amides is 1. The third-order valence-electron chi connectivity index (χ3n) is 2.45. The van der Waals surface area contributed by atoms with Gasteiger partial charge in [-0.3, -0.25) is 4.79 Å². The molecule has 0 aliphatic rings. The summed E-state index contributed by atoms with van der Waals surface area (Å²) in [5, 5.41) is 6.17. The normalized spacial score (nSPS) is 10.3. The highest BCUT2D eigenvalue weighted by Gasteiger charge is 2.09. The van der Waals surface area contributed by atoms with Crippen molar-refractivity contribution in [3.63, 3.8) is 0 Å². The van der Waals surface area contributed by atoms with Gasteiger partial charge in [-0.2, -0.15) is 0 Å². The van der Waals surface area contributed by atoms with Gasteiger partial charge in [0.1, 0.15) is 0 Å². The lowest BCUT2D eigenvalue weighted by Gasteiger charge is -2.08. The number of rotatable bonds is 6. The van der Waals surface area contributed by atoms with Gasteiger partial charge in [-0.25, -0.2) is 0 Å². The predicted molar refractivity (Wildman–Crippen MR) is 79.4 cm³/mol. The maximum Gasteiger partial charge on any atom is 0.252 e. The summed E-state index contributed by atoms with van der Waals surface area (Å²) < 4.78 is 1.03. The van der Waals surface area contributed by atoms with E-state index in [1.54, 1.807) is 0 Å². The summed E-state index contributed by atoms with van der Waals surface area (Å²) in [5.74, 6) is 0.0106. The number of benzene rings is 1. The fraction of sp³-hybridized carbons (Fsp3) is 0.462. The summed E-state index contributed by atoms with van der Waals surface area (Å²) in [5.41, 5.74) is 1.91. The van der Waals surface area contributed by atoms with Gasteiger partial charge in [0.25, 0.3) is 5.91 Å². The minimum Gasteiger partial charge on any atom is -0.351 e. The first kappa shape index (κ1) is 14.4. The molecule has 0 bridgehead atoms. The van der Waals surface area contributed by atoms with Crippen LogP contribution in [0.15, 0.2) is 18.2 Å². The molecule has 0 fully saturated rings. The predicted octanol–water partition coefficient (Wildman–Crippen LogP) is 2.33. The fourth-order valence-corrected chi connectivity index (χ4v) is 2.09. The summed E-state index contributed by atoms with van der Waals surface area (Å²) in [7, 11) is 0. The molecule has 0 radical (unpaired) electrons. The van der Waals surface area contributed by atoms with Gasteiger partial charge in [0.2, 0.25) is 0 Å². The van der Waals surface area contributed by atoms with Crippen LogP contribution in [0, 0.1) is 10.5 Å². The number of aryl methyl sites for hydroxylation is 1. The molecule has 0 heterocycles. The molecule has 0 aliphatic carbocycles. The van der Waals surface area contributed by atoms with E-state index in [0.717, 1.165) is 34.2 Å². The zero-order chi connectivity index (χ0) is 12.7. The van der Waals surface area contributed by atoms with Gasteiger partial charge < -0.3 is 10.6 Å². The Hall–Kier alpha value is -0.620. The van der Waals surface area contributed by atoms with Crippen LogP contribution in [-0.4, -0.2) is 25.5 Å². The first-order valence-corrected chi connectivity index (χ1v) is 6.98. The Morgan fingerprint density at radius 1 is 1.29 bits per heavy atom. The van der Waals surface area contributed by atoms with Gasteiger partial charge in [0.15, 0.2) is 0 Å². The molecule has 17 heavy (non-hydrogen) atoms. The summed E-state index contributed by atoms with van der Waals surface area (Å²) in [6.45, 7) is 6.63. The third-order valence-corrected chi connectivity index (χ3v) is 3.88. The average Bonchev–Trinajstić information content (AvgIpc) is 2.32. The molecule has 2 N–H and O–H groups in total. The van der Waals surface area contributed by atoms with Crippen molar-refractivity contribution in [1.82, 2.24) is 10.6 Å². The fourth-order valence-electron chi connectivity index (χ4n) is 1.48. The second kappa shape index (κ2) is 7.66. The largest absolute Gasteiger partial charge is 0.351 e. The van der Waals surface area contributed by atoms with E-state index >= 15 is 0 Å². The molecule has 94 valence electrons. The smallest absolute Gasteiger partial charge is 0.252 e. The van der Waals surface area contributed by atoms with E-state index in [2.05, 4.69) is 40.1 Å². The van der Waals surface area contributed by atoms with Crippen LogP contribution >= 0.6 is 22.6 Å². The van der Waals surface area contributed by atoms with E-state index < -0.39 is 0 Å². The molecular formula is C13H19IN2O. The highest BCUT2D eigenvalue weighted by atomic mass is 127. The van der Waals surface area contributed by atoms with Gasteiger partial charge in [-0.05, 0) is 54.1 Å². The van der Waals surface area contributed by atoms with Crippen molar-refractivity contribution in [2.24, 2.45) is 0 Å². The average molecular weight is 346 g/mol. The van der Waals surface area contributed by atoms with E-state index in [0.29, 0.717) is 6.54 Å². The van der Waals surface area contributed by atoms with Crippen LogP contribution in [0.4, 0.5) is 0 Å². The van der Waals surface area contributed by atoms with Crippen molar-refractivity contribution < 1.29 is 4.79 Å². The molecule has 0 aliphatic heterocycles.